The third-order valence-corrected chi connectivity index (χ3v) is 2.46. The van der Waals surface area contributed by atoms with Gasteiger partial charge in [-0.25, -0.2) is 0 Å². The summed E-state index contributed by atoms with van der Waals surface area (Å²) >= 11 is 4.73. The zero-order chi connectivity index (χ0) is 6.69. The zero-order valence-electron chi connectivity index (χ0n) is 4.53. The molecule has 0 aliphatic heterocycles. The van der Waals surface area contributed by atoms with E-state index >= 15 is 0 Å². The first-order valence-electron chi connectivity index (χ1n) is 2.30. The van der Waals surface area contributed by atoms with Crippen molar-refractivity contribution in [3.05, 3.63) is 18.4 Å². The molecule has 0 aliphatic carbocycles. The quantitative estimate of drug-likeness (QED) is 0.540. The fourth-order valence-corrected chi connectivity index (χ4v) is 1.79. The first-order valence-corrected chi connectivity index (χ1v) is 4.42. The van der Waals surface area contributed by atoms with Gasteiger partial charge in [-0.2, -0.15) is 0 Å². The van der Waals surface area contributed by atoms with Gasteiger partial charge >= 0.3 is 64.3 Å². The van der Waals surface area contributed by atoms with E-state index in [4.69, 9.17) is 10.2 Å². The van der Waals surface area contributed by atoms with Crippen molar-refractivity contribution in [3.8, 4) is 0 Å². The predicted molar refractivity (Wildman–Crippen MR) is 40.9 cm³/mol. The predicted octanol–water partition coefficient (Wildman–Crippen LogP) is -0.147. The van der Waals surface area contributed by atoms with Crippen LogP contribution in [0.25, 0.3) is 0 Å². The van der Waals surface area contributed by atoms with Gasteiger partial charge in [0.05, 0.1) is 0 Å². The van der Waals surface area contributed by atoms with Crippen LogP contribution in [0.2, 0.25) is 0 Å². The molecule has 0 aromatic carbocycles. The van der Waals surface area contributed by atoms with Crippen LogP contribution in [0.5, 0.6) is 0 Å². The molecule has 0 bridgehead atoms. The molecule has 0 saturated carbocycles. The van der Waals surface area contributed by atoms with Gasteiger partial charge in [0.25, 0.3) is 0 Å². The van der Waals surface area contributed by atoms with Crippen LogP contribution >= 0.6 is 12.2 Å². The average Bonchev–Trinajstić information content (AvgIpc) is 2.15. The molecule has 1 aromatic heterocycles. The van der Waals surface area contributed by atoms with E-state index < -0.39 is 0 Å². The van der Waals surface area contributed by atoms with Gasteiger partial charge in [-0.05, 0) is 0 Å². The normalized spacial score (nSPS) is 9.33. The van der Waals surface area contributed by atoms with E-state index in [1.807, 2.05) is 12.1 Å². The van der Waals surface area contributed by atoms with Crippen molar-refractivity contribution >= 4 is 35.7 Å². The van der Waals surface area contributed by atoms with E-state index in [9.17, 15) is 0 Å². The van der Waals surface area contributed by atoms with Crippen LogP contribution in [0.15, 0.2) is 22.8 Å². The molecule has 1 aromatic rings. The van der Waals surface area contributed by atoms with Gasteiger partial charge in [0.15, 0.2) is 0 Å². The third-order valence-electron chi connectivity index (χ3n) is 0.696. The molecule has 0 spiro atoms. The molecule has 2 N–H and O–H groups in total. The van der Waals surface area contributed by atoms with E-state index in [0.29, 0.717) is 3.89 Å². The summed E-state index contributed by atoms with van der Waals surface area (Å²) in [7, 11) is 0. The van der Waals surface area contributed by atoms with Gasteiger partial charge < -0.3 is 0 Å². The van der Waals surface area contributed by atoms with Crippen molar-refractivity contribution in [2.24, 2.45) is 5.73 Å². The molecular formula is C5H5NOSSe. The summed E-state index contributed by atoms with van der Waals surface area (Å²) in [6.45, 7) is 0. The second-order valence-electron chi connectivity index (χ2n) is 1.35. The molecule has 0 atom stereocenters. The Balaban J connectivity index is 2.58. The van der Waals surface area contributed by atoms with E-state index in [2.05, 4.69) is 12.2 Å². The SMILES string of the molecule is NC(=S)[Se]c1ccco1. The second-order valence-corrected chi connectivity index (χ2v) is 4.57. The van der Waals surface area contributed by atoms with Gasteiger partial charge in [-0.1, -0.05) is 0 Å². The van der Waals surface area contributed by atoms with Gasteiger partial charge in [0.1, 0.15) is 0 Å². The van der Waals surface area contributed by atoms with Gasteiger partial charge in [-0.15, -0.1) is 0 Å². The molecule has 1 heterocycles. The summed E-state index contributed by atoms with van der Waals surface area (Å²) in [6, 6.07) is 3.70. The van der Waals surface area contributed by atoms with Crippen LogP contribution in [0.1, 0.15) is 0 Å². The summed E-state index contributed by atoms with van der Waals surface area (Å²) in [5.74, 6) is 0. The van der Waals surface area contributed by atoms with Crippen molar-refractivity contribution in [3.63, 3.8) is 0 Å². The number of hydrogen-bond acceptors (Lipinski definition) is 2. The summed E-state index contributed by atoms with van der Waals surface area (Å²) < 4.78 is 6.41. The number of nitrogens with two attached hydrogens (primary N) is 1. The first kappa shape index (κ1) is 6.80. The Bertz CT molecular complexity index is 197. The fraction of sp³-hybridized carbons (Fsp3) is 0. The van der Waals surface area contributed by atoms with Gasteiger partial charge in [0.2, 0.25) is 0 Å². The molecule has 0 aliphatic rings. The monoisotopic (exact) mass is 207 g/mol. The van der Waals surface area contributed by atoms with Crippen LogP contribution in [0, 0.1) is 0 Å². The van der Waals surface area contributed by atoms with Crippen LogP contribution in [-0.4, -0.2) is 18.8 Å². The Morgan fingerprint density at radius 1 is 1.78 bits per heavy atom. The van der Waals surface area contributed by atoms with E-state index in [-0.39, 0.29) is 15.0 Å². The van der Waals surface area contributed by atoms with E-state index in [1.165, 1.54) is 0 Å². The molecule has 4 heteroatoms. The van der Waals surface area contributed by atoms with Crippen molar-refractivity contribution in [1.82, 2.24) is 0 Å². The molecule has 0 unspecified atom stereocenters. The maximum atomic E-state index is 5.28. The van der Waals surface area contributed by atoms with Crippen molar-refractivity contribution in [1.29, 1.82) is 0 Å². The van der Waals surface area contributed by atoms with Crippen molar-refractivity contribution in [2.45, 2.75) is 0 Å². The molecule has 0 fully saturated rings. The van der Waals surface area contributed by atoms with Crippen LogP contribution in [-0.2, 0) is 0 Å². The Labute approximate surface area is 64.6 Å². The fourth-order valence-electron chi connectivity index (χ4n) is 0.421. The molecule has 9 heavy (non-hydrogen) atoms. The third kappa shape index (κ3) is 2.18. The first-order chi connectivity index (χ1) is 4.29. The zero-order valence-corrected chi connectivity index (χ0v) is 7.06. The molecule has 0 amide bonds. The summed E-state index contributed by atoms with van der Waals surface area (Å²) in [6.07, 6.45) is 1.62. The summed E-state index contributed by atoms with van der Waals surface area (Å²) in [4.78, 5) is 0. The number of furan rings is 1. The number of thiocarbonyl (C=S) groups is 1. The minimum absolute atomic E-state index is 0.0405. The van der Waals surface area contributed by atoms with Gasteiger partial charge in [0, 0.05) is 0 Å². The molecule has 48 valence electrons. The van der Waals surface area contributed by atoms with Crippen LogP contribution in [0.4, 0.5) is 0 Å². The summed E-state index contributed by atoms with van der Waals surface area (Å²) in [5.41, 5.74) is 5.28. The minimum atomic E-state index is 0.0405. The molecule has 0 radical (unpaired) electrons. The van der Waals surface area contributed by atoms with E-state index in [1.54, 1.807) is 6.26 Å². The van der Waals surface area contributed by atoms with Gasteiger partial charge in [-0.3, -0.25) is 0 Å². The Kier molecular flexibility index (Phi) is 2.28. The molecule has 2 nitrogen and oxygen atoms in total. The Morgan fingerprint density at radius 3 is 3.00 bits per heavy atom. The average molecular weight is 206 g/mol. The molecule has 1 rings (SSSR count). The van der Waals surface area contributed by atoms with Crippen LogP contribution in [0.3, 0.4) is 0 Å². The Morgan fingerprint density at radius 2 is 2.56 bits per heavy atom. The molecule has 0 saturated heterocycles. The topological polar surface area (TPSA) is 39.2 Å². The second kappa shape index (κ2) is 3.01. The maximum absolute atomic E-state index is 5.28. The van der Waals surface area contributed by atoms with Crippen molar-refractivity contribution in [2.75, 3.05) is 0 Å². The molecular weight excluding hydrogens is 201 g/mol. The standard InChI is InChI=1S/C5H5NOSSe/c6-5(8)9-4-2-1-3-7-4/h1-3H,(H2,6,8). The number of hydrogen-bond donors (Lipinski definition) is 1. The van der Waals surface area contributed by atoms with Crippen LogP contribution < -0.4 is 10.4 Å². The van der Waals surface area contributed by atoms with Crippen molar-refractivity contribution < 1.29 is 4.42 Å². The Hall–Kier alpha value is -0.311. The van der Waals surface area contributed by atoms with E-state index in [0.717, 1.165) is 4.66 Å². The number of rotatable bonds is 2. The summed E-state index contributed by atoms with van der Waals surface area (Å²) in [5, 5.41) is 0.